The van der Waals surface area contributed by atoms with Gasteiger partial charge in [-0.05, 0) is 83.9 Å². The molecular weight excluding hydrogens is 414 g/mol. The number of carbonyl (C=O) groups excluding carboxylic acids is 1. The first-order chi connectivity index (χ1) is 16.1. The largest absolute Gasteiger partial charge is 0.481 e. The van der Waals surface area contributed by atoms with E-state index in [1.165, 1.54) is 54.4 Å². The Labute approximate surface area is 194 Å². The van der Waals surface area contributed by atoms with Crippen LogP contribution in [0, 0.1) is 35.5 Å². The molecule has 5 heteroatoms. The van der Waals surface area contributed by atoms with Crippen LogP contribution in [-0.2, 0) is 9.53 Å². The van der Waals surface area contributed by atoms with Gasteiger partial charge in [-0.1, -0.05) is 48.5 Å². The van der Waals surface area contributed by atoms with Crippen LogP contribution in [0.4, 0.5) is 4.79 Å². The number of hydrogen-bond donors (Lipinski definition) is 2. The topological polar surface area (TPSA) is 75.6 Å². The predicted octanol–water partition coefficient (Wildman–Crippen LogP) is 5.30. The van der Waals surface area contributed by atoms with E-state index in [9.17, 15) is 14.7 Å². The molecule has 7 rings (SSSR count). The third-order valence-corrected chi connectivity index (χ3v) is 8.89. The van der Waals surface area contributed by atoms with Crippen LogP contribution in [0.3, 0.4) is 0 Å². The molecule has 1 atom stereocenters. The summed E-state index contributed by atoms with van der Waals surface area (Å²) in [6.07, 6.45) is 5.51. The van der Waals surface area contributed by atoms with Gasteiger partial charge in [-0.25, -0.2) is 4.79 Å². The molecule has 4 saturated carbocycles. The molecule has 0 radical (unpaired) electrons. The summed E-state index contributed by atoms with van der Waals surface area (Å²) >= 11 is 0. The second kappa shape index (κ2) is 8.19. The fraction of sp³-hybridized carbons (Fsp3) is 0.500. The van der Waals surface area contributed by atoms with Gasteiger partial charge in [0.25, 0.3) is 0 Å². The van der Waals surface area contributed by atoms with Gasteiger partial charge in [-0.15, -0.1) is 0 Å². The van der Waals surface area contributed by atoms with Gasteiger partial charge >= 0.3 is 12.1 Å². The van der Waals surface area contributed by atoms with Crippen molar-refractivity contribution in [2.24, 2.45) is 35.5 Å². The highest BCUT2D eigenvalue weighted by atomic mass is 16.5. The summed E-state index contributed by atoms with van der Waals surface area (Å²) in [5, 5.41) is 12.8. The van der Waals surface area contributed by atoms with E-state index < -0.39 is 18.0 Å². The number of carboxylic acid groups (broad SMARTS) is 1. The average molecular weight is 446 g/mol. The second-order valence-corrected chi connectivity index (χ2v) is 10.7. The lowest BCUT2D eigenvalue weighted by Gasteiger charge is -2.55. The molecular formula is C28H31NO4. The van der Waals surface area contributed by atoms with Gasteiger partial charge in [0.05, 0.1) is 5.92 Å². The summed E-state index contributed by atoms with van der Waals surface area (Å²) in [5.41, 5.74) is 4.72. The van der Waals surface area contributed by atoms with Gasteiger partial charge in [0, 0.05) is 12.5 Å². The van der Waals surface area contributed by atoms with Crippen molar-refractivity contribution in [3.63, 3.8) is 0 Å². The third kappa shape index (κ3) is 3.62. The maximum atomic E-state index is 12.6. The number of carbonyl (C=O) groups is 2. The van der Waals surface area contributed by atoms with E-state index in [0.29, 0.717) is 11.8 Å². The van der Waals surface area contributed by atoms with Crippen molar-refractivity contribution in [2.45, 2.75) is 38.0 Å². The normalized spacial score (nSPS) is 29.9. The monoisotopic (exact) mass is 445 g/mol. The molecule has 0 heterocycles. The molecule has 2 aromatic rings. The van der Waals surface area contributed by atoms with Gasteiger partial charge < -0.3 is 15.2 Å². The number of carboxylic acids is 1. The fourth-order valence-corrected chi connectivity index (χ4v) is 7.86. The molecule has 4 bridgehead atoms. The number of alkyl carbamates (subject to hydrolysis) is 1. The minimum absolute atomic E-state index is 0.00264. The highest BCUT2D eigenvalue weighted by Gasteiger charge is 2.52. The van der Waals surface area contributed by atoms with E-state index in [2.05, 4.69) is 29.6 Å². The molecule has 2 aromatic carbocycles. The maximum absolute atomic E-state index is 12.6. The Bertz CT molecular complexity index is 1010. The third-order valence-electron chi connectivity index (χ3n) is 8.89. The van der Waals surface area contributed by atoms with Crippen molar-refractivity contribution < 1.29 is 19.4 Å². The van der Waals surface area contributed by atoms with E-state index in [-0.39, 0.29) is 25.0 Å². The summed E-state index contributed by atoms with van der Waals surface area (Å²) in [6.45, 7) is 0.397. The van der Waals surface area contributed by atoms with Gasteiger partial charge in [-0.3, -0.25) is 4.79 Å². The molecule has 0 aromatic heterocycles. The van der Waals surface area contributed by atoms with E-state index in [4.69, 9.17) is 4.74 Å². The molecule has 0 spiro atoms. The van der Waals surface area contributed by atoms with Crippen LogP contribution in [0.5, 0.6) is 0 Å². The Morgan fingerprint density at radius 1 is 0.879 bits per heavy atom. The van der Waals surface area contributed by atoms with Crippen molar-refractivity contribution in [1.29, 1.82) is 0 Å². The SMILES string of the molecule is O=C(NCC(C(=O)O)C1C2CC3CC(C2)CC1C3)OCC1c2ccccc2-c2ccccc21. The highest BCUT2D eigenvalue weighted by molar-refractivity contribution is 5.79. The fourth-order valence-electron chi connectivity index (χ4n) is 7.86. The summed E-state index contributed by atoms with van der Waals surface area (Å²) < 4.78 is 5.63. The number of nitrogens with one attached hydrogen (secondary N) is 1. The van der Waals surface area contributed by atoms with E-state index in [0.717, 1.165) is 11.8 Å². The number of amides is 1. The summed E-state index contributed by atoms with van der Waals surface area (Å²) in [6, 6.07) is 16.5. The number of hydrogen-bond acceptors (Lipinski definition) is 3. The Hall–Kier alpha value is -2.82. The maximum Gasteiger partial charge on any atom is 0.407 e. The Balaban J connectivity index is 1.10. The van der Waals surface area contributed by atoms with Gasteiger partial charge in [0.1, 0.15) is 6.61 Å². The smallest absolute Gasteiger partial charge is 0.407 e. The van der Waals surface area contributed by atoms with Crippen molar-refractivity contribution in [3.05, 3.63) is 59.7 Å². The first-order valence-electron chi connectivity index (χ1n) is 12.4. The van der Waals surface area contributed by atoms with Crippen LogP contribution in [0.15, 0.2) is 48.5 Å². The predicted molar refractivity (Wildman–Crippen MR) is 125 cm³/mol. The minimum atomic E-state index is -0.786. The van der Waals surface area contributed by atoms with Crippen LogP contribution < -0.4 is 5.32 Å². The quantitative estimate of drug-likeness (QED) is 0.633. The first kappa shape index (κ1) is 20.8. The molecule has 2 N–H and O–H groups in total. The number of benzene rings is 2. The number of aliphatic carboxylic acids is 1. The highest BCUT2D eigenvalue weighted by Crippen LogP contribution is 2.58. The van der Waals surface area contributed by atoms with E-state index in [1.54, 1.807) is 0 Å². The van der Waals surface area contributed by atoms with Crippen LogP contribution in [0.1, 0.15) is 49.1 Å². The standard InChI is InChI=1S/C28H31NO4/c30-27(31)24(26-18-10-16-9-17(12-18)13-19(26)11-16)14-29-28(32)33-15-25-22-7-3-1-5-20(22)21-6-2-4-8-23(21)25/h1-8,16-19,24-26H,9-15H2,(H,29,32)(H,30,31). The lowest BCUT2D eigenvalue weighted by molar-refractivity contribution is -0.150. The zero-order valence-electron chi connectivity index (χ0n) is 18.8. The second-order valence-electron chi connectivity index (χ2n) is 10.7. The number of fused-ring (bicyclic) bond motifs is 3. The number of ether oxygens (including phenoxy) is 1. The molecule has 172 valence electrons. The van der Waals surface area contributed by atoms with Crippen LogP contribution in [0.25, 0.3) is 11.1 Å². The summed E-state index contributed by atoms with van der Waals surface area (Å²) in [7, 11) is 0. The zero-order valence-corrected chi connectivity index (χ0v) is 18.8. The van der Waals surface area contributed by atoms with Crippen LogP contribution >= 0.6 is 0 Å². The molecule has 4 fully saturated rings. The lowest BCUT2D eigenvalue weighted by Crippen LogP contribution is -2.51. The molecule has 33 heavy (non-hydrogen) atoms. The van der Waals surface area contributed by atoms with Crippen molar-refractivity contribution in [3.8, 4) is 11.1 Å². The molecule has 1 amide bonds. The van der Waals surface area contributed by atoms with Gasteiger partial charge in [-0.2, -0.15) is 0 Å². The van der Waals surface area contributed by atoms with Crippen LogP contribution in [0.2, 0.25) is 0 Å². The molecule has 0 aliphatic heterocycles. The molecule has 5 nitrogen and oxygen atoms in total. The Kier molecular flexibility index (Phi) is 5.16. The Morgan fingerprint density at radius 2 is 1.42 bits per heavy atom. The summed E-state index contributed by atoms with van der Waals surface area (Å²) in [4.78, 5) is 24.8. The number of rotatable bonds is 6. The molecule has 0 saturated heterocycles. The molecule has 5 aliphatic rings. The van der Waals surface area contributed by atoms with Gasteiger partial charge in [0.2, 0.25) is 0 Å². The minimum Gasteiger partial charge on any atom is -0.481 e. The van der Waals surface area contributed by atoms with E-state index in [1.807, 2.05) is 24.3 Å². The van der Waals surface area contributed by atoms with Gasteiger partial charge in [0.15, 0.2) is 0 Å². The summed E-state index contributed by atoms with van der Waals surface area (Å²) in [5.74, 6) is 1.49. The molecule has 1 unspecified atom stereocenters. The Morgan fingerprint density at radius 3 is 1.97 bits per heavy atom. The zero-order chi connectivity index (χ0) is 22.5. The first-order valence-corrected chi connectivity index (χ1v) is 12.4. The van der Waals surface area contributed by atoms with E-state index >= 15 is 0 Å². The molecule has 5 aliphatic carbocycles. The van der Waals surface area contributed by atoms with Crippen molar-refractivity contribution in [1.82, 2.24) is 5.32 Å². The van der Waals surface area contributed by atoms with Crippen molar-refractivity contribution in [2.75, 3.05) is 13.2 Å². The average Bonchev–Trinajstić information content (AvgIpc) is 3.12. The van der Waals surface area contributed by atoms with Crippen LogP contribution in [-0.4, -0.2) is 30.3 Å². The van der Waals surface area contributed by atoms with Crippen molar-refractivity contribution >= 4 is 12.1 Å². The lowest BCUT2D eigenvalue weighted by atomic mass is 9.49.